The van der Waals surface area contributed by atoms with Gasteiger partial charge in [-0.1, -0.05) is 41.6 Å². The maximum Gasteiger partial charge on any atom is 0.337 e. The third-order valence-electron chi connectivity index (χ3n) is 4.73. The van der Waals surface area contributed by atoms with Gasteiger partial charge in [0.15, 0.2) is 0 Å². The average Bonchev–Trinajstić information content (AvgIpc) is 3.20. The summed E-state index contributed by atoms with van der Waals surface area (Å²) < 4.78 is 6.08. The van der Waals surface area contributed by atoms with Gasteiger partial charge in [-0.05, 0) is 36.8 Å². The predicted octanol–water partition coefficient (Wildman–Crippen LogP) is 2.23. The normalized spacial score (nSPS) is 10.8. The molecule has 0 unspecified atom stereocenters. The topological polar surface area (TPSA) is 131 Å². The Balaban J connectivity index is 1.44. The van der Waals surface area contributed by atoms with E-state index in [4.69, 9.17) is 0 Å². The Kier molecular flexibility index (Phi) is 6.50. The first kappa shape index (κ1) is 22.2. The number of rotatable bonds is 7. The summed E-state index contributed by atoms with van der Waals surface area (Å²) in [7, 11) is 1.30. The lowest BCUT2D eigenvalue weighted by atomic mass is 10.1. The summed E-state index contributed by atoms with van der Waals surface area (Å²) in [6, 6.07) is 14.2. The van der Waals surface area contributed by atoms with Crippen molar-refractivity contribution in [1.29, 1.82) is 0 Å². The first-order chi connectivity index (χ1) is 15.9. The Morgan fingerprint density at radius 2 is 1.82 bits per heavy atom. The molecule has 168 valence electrons. The summed E-state index contributed by atoms with van der Waals surface area (Å²) in [5, 5.41) is 15.5. The molecular weight excluding hydrogens is 444 g/mol. The molecule has 4 rings (SSSR count). The standard InChI is InChI=1S/C22H20N6O4S/c1-13-3-5-14(6-4-13)11-17-19(30)24-21-25-26-22(28(21)27-17)33-12-18(29)23-16-9-7-15(8-10-16)20(31)32-2/h3-10H,11-12H2,1-2H3,(H,23,29)(H,24,25,30). The molecule has 2 heterocycles. The van der Waals surface area contributed by atoms with Crippen LogP contribution in [0.1, 0.15) is 27.2 Å². The SMILES string of the molecule is COC(=O)c1ccc(NC(=O)CSc2nnc3[nH]c(=O)c(Cc4ccc(C)cc4)nn23)cc1. The Morgan fingerprint density at radius 1 is 1.09 bits per heavy atom. The Morgan fingerprint density at radius 3 is 2.52 bits per heavy atom. The van der Waals surface area contributed by atoms with Crippen LogP contribution in [0.3, 0.4) is 0 Å². The second-order valence-electron chi connectivity index (χ2n) is 7.19. The van der Waals surface area contributed by atoms with Gasteiger partial charge in [-0.25, -0.2) is 4.79 Å². The number of thioether (sulfide) groups is 1. The van der Waals surface area contributed by atoms with E-state index in [9.17, 15) is 14.4 Å². The van der Waals surface area contributed by atoms with Crippen LogP contribution < -0.4 is 10.9 Å². The zero-order valence-electron chi connectivity index (χ0n) is 17.9. The van der Waals surface area contributed by atoms with Crippen molar-refractivity contribution in [2.24, 2.45) is 0 Å². The van der Waals surface area contributed by atoms with Gasteiger partial charge in [-0.15, -0.1) is 10.2 Å². The van der Waals surface area contributed by atoms with E-state index in [1.54, 1.807) is 24.3 Å². The van der Waals surface area contributed by atoms with Gasteiger partial charge in [-0.2, -0.15) is 9.61 Å². The number of hydrogen-bond donors (Lipinski definition) is 2. The highest BCUT2D eigenvalue weighted by molar-refractivity contribution is 7.99. The van der Waals surface area contributed by atoms with Crippen LogP contribution in [0.2, 0.25) is 0 Å². The number of aromatic nitrogens is 5. The van der Waals surface area contributed by atoms with E-state index in [2.05, 4.69) is 30.3 Å². The molecule has 0 saturated heterocycles. The Bertz CT molecular complexity index is 1360. The number of esters is 1. The van der Waals surface area contributed by atoms with Crippen LogP contribution in [0.25, 0.3) is 5.78 Å². The number of hydrogen-bond acceptors (Lipinski definition) is 8. The molecule has 0 aliphatic carbocycles. The summed E-state index contributed by atoms with van der Waals surface area (Å²) in [5.74, 6) is -0.469. The van der Waals surface area contributed by atoms with Crippen LogP contribution in [0, 0.1) is 6.92 Å². The summed E-state index contributed by atoms with van der Waals surface area (Å²) in [6.45, 7) is 2.00. The molecule has 0 atom stereocenters. The average molecular weight is 465 g/mol. The monoisotopic (exact) mass is 464 g/mol. The molecule has 0 bridgehead atoms. The second-order valence-corrected chi connectivity index (χ2v) is 8.13. The van der Waals surface area contributed by atoms with Gasteiger partial charge < -0.3 is 10.1 Å². The first-order valence-electron chi connectivity index (χ1n) is 9.94. The fourth-order valence-electron chi connectivity index (χ4n) is 3.01. The second kappa shape index (κ2) is 9.65. The molecule has 33 heavy (non-hydrogen) atoms. The largest absolute Gasteiger partial charge is 0.465 e. The maximum atomic E-state index is 12.4. The number of ether oxygens (including phenoxy) is 1. The van der Waals surface area contributed by atoms with Crippen molar-refractivity contribution in [3.05, 3.63) is 81.3 Å². The minimum absolute atomic E-state index is 0.0493. The Labute approximate surface area is 192 Å². The maximum absolute atomic E-state index is 12.4. The lowest BCUT2D eigenvalue weighted by Crippen LogP contribution is -2.19. The van der Waals surface area contributed by atoms with Gasteiger partial charge in [0.2, 0.25) is 11.1 Å². The van der Waals surface area contributed by atoms with Crippen molar-refractivity contribution in [3.8, 4) is 0 Å². The number of nitrogens with zero attached hydrogens (tertiary/aromatic N) is 4. The lowest BCUT2D eigenvalue weighted by Gasteiger charge is -2.06. The van der Waals surface area contributed by atoms with Gasteiger partial charge in [0.25, 0.3) is 11.3 Å². The molecule has 0 spiro atoms. The highest BCUT2D eigenvalue weighted by Crippen LogP contribution is 2.17. The number of aromatic amines is 1. The van der Waals surface area contributed by atoms with Crippen molar-refractivity contribution in [2.45, 2.75) is 18.5 Å². The number of carbonyl (C=O) groups is 2. The molecule has 0 saturated carbocycles. The van der Waals surface area contributed by atoms with Crippen LogP contribution in [0.15, 0.2) is 58.5 Å². The molecule has 2 aromatic carbocycles. The number of benzene rings is 2. The number of H-pyrrole nitrogens is 1. The van der Waals surface area contributed by atoms with E-state index < -0.39 is 5.97 Å². The van der Waals surface area contributed by atoms with E-state index in [1.807, 2.05) is 31.2 Å². The molecule has 11 heteroatoms. The van der Waals surface area contributed by atoms with Gasteiger partial charge in [-0.3, -0.25) is 14.6 Å². The highest BCUT2D eigenvalue weighted by Gasteiger charge is 2.14. The van der Waals surface area contributed by atoms with Crippen LogP contribution in [-0.4, -0.2) is 49.5 Å². The molecule has 0 fully saturated rings. The van der Waals surface area contributed by atoms with E-state index in [0.717, 1.165) is 22.9 Å². The van der Waals surface area contributed by atoms with Crippen molar-refractivity contribution in [1.82, 2.24) is 24.8 Å². The van der Waals surface area contributed by atoms with E-state index in [0.29, 0.717) is 28.5 Å². The van der Waals surface area contributed by atoms with Gasteiger partial charge >= 0.3 is 5.97 Å². The number of methoxy groups -OCH3 is 1. The molecular formula is C22H20N6O4S. The molecule has 2 N–H and O–H groups in total. The molecule has 4 aromatic rings. The van der Waals surface area contributed by atoms with Crippen molar-refractivity contribution in [3.63, 3.8) is 0 Å². The van der Waals surface area contributed by atoms with Crippen LogP contribution in [0.5, 0.6) is 0 Å². The minimum Gasteiger partial charge on any atom is -0.465 e. The highest BCUT2D eigenvalue weighted by atomic mass is 32.2. The van der Waals surface area contributed by atoms with Crippen molar-refractivity contribution >= 4 is 35.1 Å². The molecule has 1 amide bonds. The number of aryl methyl sites for hydroxylation is 1. The number of nitrogens with one attached hydrogen (secondary N) is 2. The third kappa shape index (κ3) is 5.26. The molecule has 2 aromatic heterocycles. The fourth-order valence-corrected chi connectivity index (χ4v) is 3.69. The quantitative estimate of drug-likeness (QED) is 0.314. The summed E-state index contributed by atoms with van der Waals surface area (Å²) in [5.41, 5.74) is 3.01. The number of anilines is 1. The van der Waals surface area contributed by atoms with Gasteiger partial charge in [0, 0.05) is 12.1 Å². The fraction of sp³-hybridized carbons (Fsp3) is 0.182. The molecule has 10 nitrogen and oxygen atoms in total. The summed E-state index contributed by atoms with van der Waals surface area (Å²) in [4.78, 5) is 38.9. The number of carbonyl (C=O) groups excluding carboxylic acids is 2. The predicted molar refractivity (Wildman–Crippen MR) is 123 cm³/mol. The van der Waals surface area contributed by atoms with E-state index in [-0.39, 0.29) is 23.0 Å². The first-order valence-corrected chi connectivity index (χ1v) is 10.9. The number of fused-ring (bicyclic) bond motifs is 1. The third-order valence-corrected chi connectivity index (χ3v) is 5.65. The molecule has 0 aliphatic heterocycles. The summed E-state index contributed by atoms with van der Waals surface area (Å²) in [6.07, 6.45) is 0.357. The van der Waals surface area contributed by atoms with Crippen LogP contribution in [-0.2, 0) is 16.0 Å². The number of amides is 1. The zero-order valence-corrected chi connectivity index (χ0v) is 18.7. The zero-order chi connectivity index (χ0) is 23.4. The van der Waals surface area contributed by atoms with Crippen LogP contribution in [0.4, 0.5) is 5.69 Å². The smallest absolute Gasteiger partial charge is 0.337 e. The van der Waals surface area contributed by atoms with Crippen molar-refractivity contribution < 1.29 is 14.3 Å². The van der Waals surface area contributed by atoms with E-state index >= 15 is 0 Å². The van der Waals surface area contributed by atoms with Crippen molar-refractivity contribution in [2.75, 3.05) is 18.2 Å². The van der Waals surface area contributed by atoms with Gasteiger partial charge in [0.05, 0.1) is 18.4 Å². The molecule has 0 radical (unpaired) electrons. The Hall–Kier alpha value is -3.99. The van der Waals surface area contributed by atoms with E-state index in [1.165, 1.54) is 11.6 Å². The summed E-state index contributed by atoms with van der Waals surface area (Å²) >= 11 is 1.14. The lowest BCUT2D eigenvalue weighted by molar-refractivity contribution is -0.113. The van der Waals surface area contributed by atoms with Gasteiger partial charge in [0.1, 0.15) is 5.69 Å². The minimum atomic E-state index is -0.450. The molecule has 0 aliphatic rings. The van der Waals surface area contributed by atoms with Crippen LogP contribution >= 0.6 is 11.8 Å².